The number of carboxylic acids is 1. The van der Waals surface area contributed by atoms with Crippen LogP contribution in [0.5, 0.6) is 0 Å². The summed E-state index contributed by atoms with van der Waals surface area (Å²) in [4.78, 5) is 17.4. The van der Waals surface area contributed by atoms with Gasteiger partial charge in [0.1, 0.15) is 5.54 Å². The van der Waals surface area contributed by atoms with Gasteiger partial charge in [0, 0.05) is 5.38 Å². The fourth-order valence-electron chi connectivity index (χ4n) is 1.41. The average molecular weight is 242 g/mol. The maximum Gasteiger partial charge on any atom is 0.323 e. The Labute approximate surface area is 99.9 Å². The zero-order valence-corrected chi connectivity index (χ0v) is 11.1. The van der Waals surface area contributed by atoms with Crippen LogP contribution in [0.1, 0.15) is 37.5 Å². The van der Waals surface area contributed by atoms with Crippen molar-refractivity contribution in [3.8, 4) is 0 Å². The van der Waals surface area contributed by atoms with E-state index in [0.29, 0.717) is 0 Å². The second-order valence-electron chi connectivity index (χ2n) is 4.44. The molecule has 0 amide bonds. The summed E-state index contributed by atoms with van der Waals surface area (Å²) in [5, 5.41) is 12.1. The summed E-state index contributed by atoms with van der Waals surface area (Å²) in [5.41, 5.74) is 0.0380. The van der Waals surface area contributed by atoms with Crippen LogP contribution in [-0.4, -0.2) is 33.5 Å². The van der Waals surface area contributed by atoms with E-state index in [2.05, 4.69) is 4.98 Å². The molecule has 0 aliphatic rings. The number of rotatable bonds is 4. The first kappa shape index (κ1) is 13.1. The number of carbonyl (C=O) groups is 1. The van der Waals surface area contributed by atoms with Gasteiger partial charge in [-0.05, 0) is 34.7 Å². The Balaban J connectivity index is 2.90. The lowest BCUT2D eigenvalue weighted by Gasteiger charge is -2.35. The number of aryl methyl sites for hydroxylation is 1. The Morgan fingerprint density at radius 2 is 2.19 bits per heavy atom. The van der Waals surface area contributed by atoms with Gasteiger partial charge in [0.05, 0.1) is 16.7 Å². The molecule has 0 bridgehead atoms. The quantitative estimate of drug-likeness (QED) is 0.880. The maximum atomic E-state index is 11.1. The highest BCUT2D eigenvalue weighted by atomic mass is 32.1. The van der Waals surface area contributed by atoms with E-state index in [4.69, 9.17) is 5.11 Å². The van der Waals surface area contributed by atoms with Gasteiger partial charge in [0.25, 0.3) is 0 Å². The zero-order chi connectivity index (χ0) is 12.5. The van der Waals surface area contributed by atoms with Crippen LogP contribution >= 0.6 is 11.3 Å². The van der Waals surface area contributed by atoms with Gasteiger partial charge in [0.2, 0.25) is 0 Å². The molecule has 5 heteroatoms. The molecule has 0 aliphatic carbocycles. The van der Waals surface area contributed by atoms with Gasteiger partial charge in [-0.1, -0.05) is 0 Å². The standard InChI is InChI=1S/C11H18N2O2S/c1-7(9-6-16-8(2)12-9)13(5)11(3,4)10(14)15/h6-7H,1-5H3,(H,14,15). The fraction of sp³-hybridized carbons (Fsp3) is 0.636. The van der Waals surface area contributed by atoms with E-state index >= 15 is 0 Å². The van der Waals surface area contributed by atoms with Gasteiger partial charge in [0.15, 0.2) is 0 Å². The number of hydrogen-bond donors (Lipinski definition) is 1. The average Bonchev–Trinajstić information content (AvgIpc) is 2.62. The van der Waals surface area contributed by atoms with Crippen molar-refractivity contribution in [2.45, 2.75) is 39.3 Å². The van der Waals surface area contributed by atoms with E-state index in [9.17, 15) is 4.79 Å². The molecule has 0 spiro atoms. The molecule has 1 aromatic heterocycles. The molecular weight excluding hydrogens is 224 g/mol. The summed E-state index contributed by atoms with van der Waals surface area (Å²) < 4.78 is 0. The van der Waals surface area contributed by atoms with Crippen molar-refractivity contribution >= 4 is 17.3 Å². The zero-order valence-electron chi connectivity index (χ0n) is 10.3. The van der Waals surface area contributed by atoms with E-state index in [0.717, 1.165) is 10.7 Å². The van der Waals surface area contributed by atoms with Gasteiger partial charge in [-0.2, -0.15) is 0 Å². The normalized spacial score (nSPS) is 14.1. The van der Waals surface area contributed by atoms with Crippen molar-refractivity contribution in [3.63, 3.8) is 0 Å². The summed E-state index contributed by atoms with van der Waals surface area (Å²) in [6, 6.07) is -0.00366. The van der Waals surface area contributed by atoms with Crippen molar-refractivity contribution in [2.75, 3.05) is 7.05 Å². The van der Waals surface area contributed by atoms with Crippen LogP contribution in [0.4, 0.5) is 0 Å². The number of aromatic nitrogens is 1. The molecule has 1 rings (SSSR count). The van der Waals surface area contributed by atoms with Crippen molar-refractivity contribution < 1.29 is 9.90 Å². The molecule has 0 saturated heterocycles. The maximum absolute atomic E-state index is 11.1. The van der Waals surface area contributed by atoms with Gasteiger partial charge >= 0.3 is 5.97 Å². The van der Waals surface area contributed by atoms with Crippen LogP contribution in [0, 0.1) is 6.92 Å². The van der Waals surface area contributed by atoms with Crippen LogP contribution in [0.15, 0.2) is 5.38 Å². The second kappa shape index (κ2) is 4.51. The molecule has 1 unspecified atom stereocenters. The first-order chi connectivity index (χ1) is 7.26. The largest absolute Gasteiger partial charge is 0.480 e. The highest BCUT2D eigenvalue weighted by molar-refractivity contribution is 7.09. The van der Waals surface area contributed by atoms with Gasteiger partial charge in [-0.15, -0.1) is 11.3 Å². The minimum Gasteiger partial charge on any atom is -0.480 e. The molecule has 1 aromatic rings. The van der Waals surface area contributed by atoms with E-state index in [-0.39, 0.29) is 6.04 Å². The molecule has 0 aromatic carbocycles. The Morgan fingerprint density at radius 3 is 2.56 bits per heavy atom. The highest BCUT2D eigenvalue weighted by Crippen LogP contribution is 2.27. The van der Waals surface area contributed by atoms with E-state index < -0.39 is 11.5 Å². The fourth-order valence-corrected chi connectivity index (χ4v) is 2.10. The van der Waals surface area contributed by atoms with Crippen LogP contribution < -0.4 is 0 Å². The van der Waals surface area contributed by atoms with Crippen LogP contribution in [-0.2, 0) is 4.79 Å². The van der Waals surface area contributed by atoms with Crippen molar-refractivity contribution in [1.82, 2.24) is 9.88 Å². The summed E-state index contributed by atoms with van der Waals surface area (Å²) in [5.74, 6) is -0.825. The van der Waals surface area contributed by atoms with Crippen molar-refractivity contribution in [2.24, 2.45) is 0 Å². The first-order valence-corrected chi connectivity index (χ1v) is 6.03. The molecule has 16 heavy (non-hydrogen) atoms. The number of hydrogen-bond acceptors (Lipinski definition) is 4. The van der Waals surface area contributed by atoms with Gasteiger partial charge < -0.3 is 5.11 Å². The monoisotopic (exact) mass is 242 g/mol. The molecule has 1 heterocycles. The lowest BCUT2D eigenvalue weighted by molar-refractivity contribution is -0.149. The minimum absolute atomic E-state index is 0.00366. The SMILES string of the molecule is Cc1nc(C(C)N(C)C(C)(C)C(=O)O)cs1. The minimum atomic E-state index is -0.892. The third-order valence-corrected chi connectivity index (χ3v) is 3.84. The van der Waals surface area contributed by atoms with E-state index in [1.54, 1.807) is 25.2 Å². The number of likely N-dealkylation sites (N-methyl/N-ethyl adjacent to an activating group) is 1. The summed E-state index contributed by atoms with van der Waals surface area (Å²) in [6.45, 7) is 7.32. The van der Waals surface area contributed by atoms with E-state index in [1.165, 1.54) is 0 Å². The third kappa shape index (κ3) is 2.41. The van der Waals surface area contributed by atoms with Crippen LogP contribution in [0.3, 0.4) is 0 Å². The second-order valence-corrected chi connectivity index (χ2v) is 5.50. The van der Waals surface area contributed by atoms with Crippen LogP contribution in [0.2, 0.25) is 0 Å². The van der Waals surface area contributed by atoms with Crippen molar-refractivity contribution in [1.29, 1.82) is 0 Å². The van der Waals surface area contributed by atoms with E-state index in [1.807, 2.05) is 31.2 Å². The third-order valence-electron chi connectivity index (χ3n) is 3.05. The number of nitrogens with zero attached hydrogens (tertiary/aromatic N) is 2. The summed E-state index contributed by atoms with van der Waals surface area (Å²) in [6.07, 6.45) is 0. The number of aliphatic carboxylic acids is 1. The van der Waals surface area contributed by atoms with Gasteiger partial charge in [-0.25, -0.2) is 4.98 Å². The number of thiazole rings is 1. The van der Waals surface area contributed by atoms with Crippen molar-refractivity contribution in [3.05, 3.63) is 16.1 Å². The first-order valence-electron chi connectivity index (χ1n) is 5.15. The van der Waals surface area contributed by atoms with Gasteiger partial charge in [-0.3, -0.25) is 9.69 Å². The Hall–Kier alpha value is -0.940. The molecule has 1 N–H and O–H groups in total. The molecule has 0 fully saturated rings. The Kier molecular flexibility index (Phi) is 3.70. The predicted octanol–water partition coefficient (Wildman–Crippen LogP) is 2.31. The molecular formula is C11H18N2O2S. The molecule has 0 saturated carbocycles. The number of carboxylic acid groups (broad SMARTS) is 1. The Morgan fingerprint density at radius 1 is 1.62 bits per heavy atom. The molecule has 4 nitrogen and oxygen atoms in total. The smallest absolute Gasteiger partial charge is 0.323 e. The highest BCUT2D eigenvalue weighted by Gasteiger charge is 2.35. The summed E-state index contributed by atoms with van der Waals surface area (Å²) >= 11 is 1.58. The molecule has 0 radical (unpaired) electrons. The molecule has 1 atom stereocenters. The molecule has 0 aliphatic heterocycles. The van der Waals surface area contributed by atoms with Crippen LogP contribution in [0.25, 0.3) is 0 Å². The lowest BCUT2D eigenvalue weighted by Crippen LogP contribution is -2.48. The topological polar surface area (TPSA) is 53.4 Å². The lowest BCUT2D eigenvalue weighted by atomic mass is 10.0. The summed E-state index contributed by atoms with van der Waals surface area (Å²) in [7, 11) is 1.81. The molecule has 90 valence electrons. The predicted molar refractivity (Wildman–Crippen MR) is 64.7 cm³/mol. The Bertz CT molecular complexity index is 387.